The van der Waals surface area contributed by atoms with Crippen molar-refractivity contribution in [3.63, 3.8) is 0 Å². The molecule has 0 unspecified atom stereocenters. The van der Waals surface area contributed by atoms with Gasteiger partial charge in [0.1, 0.15) is 17.1 Å². The molecule has 3 aromatic rings. The van der Waals surface area contributed by atoms with E-state index in [2.05, 4.69) is 9.72 Å². The van der Waals surface area contributed by atoms with Gasteiger partial charge in [0.15, 0.2) is 6.29 Å². The van der Waals surface area contributed by atoms with Crippen LogP contribution in [0.15, 0.2) is 42.6 Å². The van der Waals surface area contributed by atoms with Gasteiger partial charge in [-0.3, -0.25) is 4.79 Å². The van der Waals surface area contributed by atoms with E-state index in [-0.39, 0.29) is 18.7 Å². The summed E-state index contributed by atoms with van der Waals surface area (Å²) in [6.45, 7) is 0. The lowest BCUT2D eigenvalue weighted by Gasteiger charge is -2.12. The first-order valence-electron chi connectivity index (χ1n) is 7.63. The molecule has 140 valence electrons. The second-order valence-corrected chi connectivity index (χ2v) is 5.34. The van der Waals surface area contributed by atoms with Crippen molar-refractivity contribution < 1.29 is 28.6 Å². The predicted molar refractivity (Wildman–Crippen MR) is 99.6 cm³/mol. The summed E-state index contributed by atoms with van der Waals surface area (Å²) in [5.74, 6) is -0.611. The SMILES string of the molecule is C.COC(=O)c1cccc(Oc2ccc3[nH]cc(C=O)c3c2C(=O)OC)c1. The lowest BCUT2D eigenvalue weighted by Crippen LogP contribution is -2.06. The molecule has 0 fully saturated rings. The molecule has 27 heavy (non-hydrogen) atoms. The number of benzene rings is 2. The fraction of sp³-hybridized carbons (Fsp3) is 0.150. The maximum absolute atomic E-state index is 12.3. The van der Waals surface area contributed by atoms with Gasteiger partial charge in [0.25, 0.3) is 0 Å². The van der Waals surface area contributed by atoms with Crippen LogP contribution < -0.4 is 4.74 Å². The minimum atomic E-state index is -0.641. The number of fused-ring (bicyclic) bond motifs is 1. The van der Waals surface area contributed by atoms with Crippen molar-refractivity contribution in [2.45, 2.75) is 7.43 Å². The van der Waals surface area contributed by atoms with E-state index in [1.165, 1.54) is 26.5 Å². The number of esters is 2. The van der Waals surface area contributed by atoms with Crippen LogP contribution in [0, 0.1) is 0 Å². The summed E-state index contributed by atoms with van der Waals surface area (Å²) in [6, 6.07) is 9.62. The molecule has 0 radical (unpaired) electrons. The summed E-state index contributed by atoms with van der Waals surface area (Å²) in [7, 11) is 2.53. The Bertz CT molecular complexity index is 1000. The second-order valence-electron chi connectivity index (χ2n) is 5.34. The number of ether oxygens (including phenoxy) is 3. The highest BCUT2D eigenvalue weighted by Crippen LogP contribution is 2.33. The normalized spacial score (nSPS) is 10.0. The number of hydrogen-bond acceptors (Lipinski definition) is 6. The summed E-state index contributed by atoms with van der Waals surface area (Å²) in [6.07, 6.45) is 2.15. The molecule has 3 rings (SSSR count). The first kappa shape index (κ1) is 19.7. The average Bonchev–Trinajstić information content (AvgIpc) is 3.10. The van der Waals surface area contributed by atoms with E-state index in [0.717, 1.165) is 0 Å². The molecule has 0 bridgehead atoms. The standard InChI is InChI=1S/C19H15NO6.CH4/c1-24-18(22)11-4-3-5-13(8-11)26-15-7-6-14-16(12(10-21)9-20-14)17(15)19(23)25-2;/h3-10,20H,1-2H3;1H4. The quantitative estimate of drug-likeness (QED) is 0.540. The monoisotopic (exact) mass is 369 g/mol. The Balaban J connectivity index is 0.00000261. The van der Waals surface area contributed by atoms with Crippen LogP contribution in [0.3, 0.4) is 0 Å². The van der Waals surface area contributed by atoms with Gasteiger partial charge >= 0.3 is 11.9 Å². The molecular weight excluding hydrogens is 350 g/mol. The highest BCUT2D eigenvalue weighted by Gasteiger charge is 2.21. The molecule has 0 spiro atoms. The highest BCUT2D eigenvalue weighted by atomic mass is 16.5. The minimum absolute atomic E-state index is 0. The largest absolute Gasteiger partial charge is 0.465 e. The molecule has 1 heterocycles. The minimum Gasteiger partial charge on any atom is -0.465 e. The first-order valence-corrected chi connectivity index (χ1v) is 7.63. The van der Waals surface area contributed by atoms with Gasteiger partial charge in [-0.25, -0.2) is 9.59 Å². The first-order chi connectivity index (χ1) is 12.6. The number of methoxy groups -OCH3 is 2. The maximum atomic E-state index is 12.3. The molecule has 0 saturated carbocycles. The lowest BCUT2D eigenvalue weighted by molar-refractivity contribution is 0.0590. The van der Waals surface area contributed by atoms with Gasteiger partial charge in [-0.2, -0.15) is 0 Å². The number of rotatable bonds is 5. The summed E-state index contributed by atoms with van der Waals surface area (Å²) < 4.78 is 15.3. The Labute approximate surface area is 155 Å². The molecule has 0 saturated heterocycles. The zero-order valence-corrected chi connectivity index (χ0v) is 14.1. The summed E-state index contributed by atoms with van der Waals surface area (Å²) in [4.78, 5) is 38.2. The molecule has 0 aliphatic carbocycles. The van der Waals surface area contributed by atoms with Gasteiger partial charge in [-0.15, -0.1) is 0 Å². The zero-order valence-electron chi connectivity index (χ0n) is 14.1. The van der Waals surface area contributed by atoms with Gasteiger partial charge in [0.2, 0.25) is 0 Å². The smallest absolute Gasteiger partial charge is 0.342 e. The van der Waals surface area contributed by atoms with Gasteiger partial charge < -0.3 is 19.2 Å². The average molecular weight is 369 g/mol. The van der Waals surface area contributed by atoms with Crippen LogP contribution in [0.4, 0.5) is 0 Å². The Kier molecular flexibility index (Phi) is 5.97. The van der Waals surface area contributed by atoms with E-state index < -0.39 is 11.9 Å². The summed E-state index contributed by atoms with van der Waals surface area (Å²) >= 11 is 0. The van der Waals surface area contributed by atoms with Gasteiger partial charge in [-0.05, 0) is 30.3 Å². The van der Waals surface area contributed by atoms with Crippen molar-refractivity contribution in [2.75, 3.05) is 14.2 Å². The van der Waals surface area contributed by atoms with Gasteiger partial charge in [0, 0.05) is 22.7 Å². The van der Waals surface area contributed by atoms with Crippen LogP contribution in [0.25, 0.3) is 10.9 Å². The molecule has 7 heteroatoms. The van der Waals surface area contributed by atoms with Crippen molar-refractivity contribution in [3.8, 4) is 11.5 Å². The number of carbonyl (C=O) groups excluding carboxylic acids is 3. The molecule has 7 nitrogen and oxygen atoms in total. The zero-order chi connectivity index (χ0) is 18.7. The number of aromatic nitrogens is 1. The lowest BCUT2D eigenvalue weighted by atomic mass is 10.1. The number of nitrogens with one attached hydrogen (secondary N) is 1. The van der Waals surface area contributed by atoms with E-state index in [0.29, 0.717) is 34.1 Å². The molecule has 1 N–H and O–H groups in total. The third-order valence-electron chi connectivity index (χ3n) is 3.84. The number of aromatic amines is 1. The molecular formula is C20H19NO6. The van der Waals surface area contributed by atoms with Crippen molar-refractivity contribution >= 4 is 29.1 Å². The Morgan fingerprint density at radius 2 is 1.78 bits per heavy atom. The van der Waals surface area contributed by atoms with Crippen LogP contribution in [0.1, 0.15) is 38.5 Å². The van der Waals surface area contributed by atoms with E-state index in [4.69, 9.17) is 9.47 Å². The van der Waals surface area contributed by atoms with E-state index >= 15 is 0 Å². The molecule has 0 aliphatic heterocycles. The van der Waals surface area contributed by atoms with Crippen molar-refractivity contribution in [1.82, 2.24) is 4.98 Å². The van der Waals surface area contributed by atoms with Crippen LogP contribution in [0.5, 0.6) is 11.5 Å². The van der Waals surface area contributed by atoms with Crippen molar-refractivity contribution in [1.29, 1.82) is 0 Å². The topological polar surface area (TPSA) is 94.7 Å². The molecule has 0 atom stereocenters. The van der Waals surface area contributed by atoms with Crippen LogP contribution in [0.2, 0.25) is 0 Å². The van der Waals surface area contributed by atoms with Crippen LogP contribution in [-0.4, -0.2) is 37.4 Å². The third kappa shape index (κ3) is 3.67. The van der Waals surface area contributed by atoms with E-state index in [1.54, 1.807) is 30.3 Å². The summed E-state index contributed by atoms with van der Waals surface area (Å²) in [5.41, 5.74) is 1.34. The van der Waals surface area contributed by atoms with E-state index in [1.807, 2.05) is 0 Å². The van der Waals surface area contributed by atoms with E-state index in [9.17, 15) is 14.4 Å². The molecule has 0 aliphatic rings. The van der Waals surface area contributed by atoms with Crippen molar-refractivity contribution in [2.24, 2.45) is 0 Å². The fourth-order valence-electron chi connectivity index (χ4n) is 2.65. The number of hydrogen-bond donors (Lipinski definition) is 1. The highest BCUT2D eigenvalue weighted by molar-refractivity contribution is 6.12. The Morgan fingerprint density at radius 3 is 2.44 bits per heavy atom. The Morgan fingerprint density at radius 1 is 1.04 bits per heavy atom. The predicted octanol–water partition coefficient (Wildman–Crippen LogP) is 3.98. The van der Waals surface area contributed by atoms with Crippen molar-refractivity contribution in [3.05, 3.63) is 59.3 Å². The van der Waals surface area contributed by atoms with Gasteiger partial charge in [0.05, 0.1) is 19.8 Å². The number of aldehydes is 1. The van der Waals surface area contributed by atoms with Crippen LogP contribution >= 0.6 is 0 Å². The third-order valence-corrected chi connectivity index (χ3v) is 3.84. The number of H-pyrrole nitrogens is 1. The van der Waals surface area contributed by atoms with Gasteiger partial charge in [-0.1, -0.05) is 13.5 Å². The molecule has 1 aromatic heterocycles. The molecule has 0 amide bonds. The molecule has 2 aromatic carbocycles. The fourth-order valence-corrected chi connectivity index (χ4v) is 2.65. The van der Waals surface area contributed by atoms with Crippen LogP contribution in [-0.2, 0) is 9.47 Å². The Hall–Kier alpha value is -3.61. The number of carbonyl (C=O) groups is 3. The second kappa shape index (κ2) is 8.18. The maximum Gasteiger partial charge on any atom is 0.342 e. The summed E-state index contributed by atoms with van der Waals surface area (Å²) in [5, 5.41) is 0.411.